The van der Waals surface area contributed by atoms with E-state index in [0.29, 0.717) is 11.4 Å². The molecular weight excluding hydrogens is 324 g/mol. The molecule has 0 bridgehead atoms. The number of aromatic hydroxyl groups is 1. The fraction of sp³-hybridized carbons (Fsp3) is 0.143. The van der Waals surface area contributed by atoms with Crippen LogP contribution in [0.2, 0.25) is 0 Å². The summed E-state index contributed by atoms with van der Waals surface area (Å²) in [5.41, 5.74) is 1.64. The number of rotatable bonds is 3. The van der Waals surface area contributed by atoms with Crippen LogP contribution in [-0.4, -0.2) is 23.1 Å². The number of hydrogen-bond donors (Lipinski definition) is 2. The molecule has 1 aromatic heterocycles. The van der Waals surface area contributed by atoms with Crippen molar-refractivity contribution in [3.63, 3.8) is 0 Å². The Kier molecular flexibility index (Phi) is 4.24. The molecular formula is C14H13BrN2O3. The third-order valence-corrected chi connectivity index (χ3v) is 3.55. The number of phenols is 1. The summed E-state index contributed by atoms with van der Waals surface area (Å²) in [6, 6.07) is 6.29. The summed E-state index contributed by atoms with van der Waals surface area (Å²) >= 11 is 3.29. The average Bonchev–Trinajstić information content (AvgIpc) is 2.42. The second-order valence-electron chi connectivity index (χ2n) is 4.17. The van der Waals surface area contributed by atoms with Gasteiger partial charge in [0.15, 0.2) is 0 Å². The van der Waals surface area contributed by atoms with Crippen molar-refractivity contribution in [2.24, 2.45) is 0 Å². The standard InChI is InChI=1S/C14H13BrN2O3/c1-8-5-9(7-16-13(8)15)17-14(19)11-4-3-10(20-2)6-12(11)18/h3-7,18H,1-2H3,(H,17,19). The van der Waals surface area contributed by atoms with Gasteiger partial charge in [-0.15, -0.1) is 0 Å². The lowest BCUT2D eigenvalue weighted by Gasteiger charge is -2.09. The number of amides is 1. The summed E-state index contributed by atoms with van der Waals surface area (Å²) in [5.74, 6) is -0.0579. The van der Waals surface area contributed by atoms with Crippen LogP contribution in [0, 0.1) is 6.92 Å². The maximum Gasteiger partial charge on any atom is 0.259 e. The molecule has 1 aromatic carbocycles. The highest BCUT2D eigenvalue weighted by Gasteiger charge is 2.12. The predicted molar refractivity (Wildman–Crippen MR) is 79.3 cm³/mol. The zero-order valence-electron chi connectivity index (χ0n) is 11.0. The molecule has 0 saturated carbocycles. The molecule has 104 valence electrons. The number of aromatic nitrogens is 1. The van der Waals surface area contributed by atoms with Gasteiger partial charge in [-0.2, -0.15) is 0 Å². The van der Waals surface area contributed by atoms with Crippen molar-refractivity contribution >= 4 is 27.5 Å². The van der Waals surface area contributed by atoms with Crippen LogP contribution < -0.4 is 10.1 Å². The molecule has 2 aromatic rings. The molecule has 6 heteroatoms. The number of ether oxygens (including phenoxy) is 1. The molecule has 0 aliphatic rings. The maximum absolute atomic E-state index is 12.1. The maximum atomic E-state index is 12.1. The molecule has 5 nitrogen and oxygen atoms in total. The Morgan fingerprint density at radius 3 is 2.75 bits per heavy atom. The molecule has 2 N–H and O–H groups in total. The fourth-order valence-corrected chi connectivity index (χ4v) is 1.87. The van der Waals surface area contributed by atoms with E-state index in [2.05, 4.69) is 26.2 Å². The summed E-state index contributed by atoms with van der Waals surface area (Å²) in [6.45, 7) is 1.87. The molecule has 1 amide bonds. The van der Waals surface area contributed by atoms with Crippen molar-refractivity contribution in [3.8, 4) is 11.5 Å². The lowest BCUT2D eigenvalue weighted by molar-refractivity contribution is 0.102. The minimum atomic E-state index is -0.409. The van der Waals surface area contributed by atoms with E-state index < -0.39 is 5.91 Å². The Bertz CT molecular complexity index is 659. The molecule has 1 heterocycles. The smallest absolute Gasteiger partial charge is 0.259 e. The second-order valence-corrected chi connectivity index (χ2v) is 4.92. The number of halogens is 1. The summed E-state index contributed by atoms with van der Waals surface area (Å²) in [6.07, 6.45) is 1.54. The number of nitrogens with one attached hydrogen (secondary N) is 1. The molecule has 0 atom stereocenters. The lowest BCUT2D eigenvalue weighted by Crippen LogP contribution is -2.12. The molecule has 0 radical (unpaired) electrons. The summed E-state index contributed by atoms with van der Waals surface area (Å²) in [7, 11) is 1.49. The number of carbonyl (C=O) groups excluding carboxylic acids is 1. The number of nitrogens with zero attached hydrogens (tertiary/aromatic N) is 1. The zero-order chi connectivity index (χ0) is 14.7. The molecule has 0 spiro atoms. The van der Waals surface area contributed by atoms with Gasteiger partial charge in [0, 0.05) is 6.07 Å². The third kappa shape index (κ3) is 3.08. The van der Waals surface area contributed by atoms with Gasteiger partial charge in [-0.1, -0.05) is 0 Å². The normalized spacial score (nSPS) is 10.2. The van der Waals surface area contributed by atoms with Crippen LogP contribution in [0.4, 0.5) is 5.69 Å². The minimum absolute atomic E-state index is 0.136. The van der Waals surface area contributed by atoms with Crippen molar-refractivity contribution in [3.05, 3.63) is 46.2 Å². The van der Waals surface area contributed by atoms with E-state index in [1.807, 2.05) is 6.92 Å². The number of pyridine rings is 1. The zero-order valence-corrected chi connectivity index (χ0v) is 12.6. The summed E-state index contributed by atoms with van der Waals surface area (Å²) in [4.78, 5) is 16.2. The first kappa shape index (κ1) is 14.3. The van der Waals surface area contributed by atoms with Crippen LogP contribution in [-0.2, 0) is 0 Å². The van der Waals surface area contributed by atoms with Crippen molar-refractivity contribution < 1.29 is 14.6 Å². The Morgan fingerprint density at radius 2 is 2.15 bits per heavy atom. The van der Waals surface area contributed by atoms with Gasteiger partial charge in [0.05, 0.1) is 24.6 Å². The van der Waals surface area contributed by atoms with E-state index in [0.717, 1.165) is 10.2 Å². The Morgan fingerprint density at radius 1 is 1.40 bits per heavy atom. The van der Waals surface area contributed by atoms with Gasteiger partial charge in [-0.3, -0.25) is 4.79 Å². The van der Waals surface area contributed by atoms with Gasteiger partial charge in [0.1, 0.15) is 16.1 Å². The Labute approximate surface area is 124 Å². The van der Waals surface area contributed by atoms with Crippen molar-refractivity contribution in [2.75, 3.05) is 12.4 Å². The number of methoxy groups -OCH3 is 1. The highest BCUT2D eigenvalue weighted by molar-refractivity contribution is 9.10. The monoisotopic (exact) mass is 336 g/mol. The van der Waals surface area contributed by atoms with Crippen LogP contribution in [0.5, 0.6) is 11.5 Å². The molecule has 0 aliphatic carbocycles. The van der Waals surface area contributed by atoms with Gasteiger partial charge >= 0.3 is 0 Å². The van der Waals surface area contributed by atoms with Crippen LogP contribution in [0.1, 0.15) is 15.9 Å². The van der Waals surface area contributed by atoms with Gasteiger partial charge in [0.2, 0.25) is 0 Å². The molecule has 0 aliphatic heterocycles. The van der Waals surface area contributed by atoms with Gasteiger partial charge < -0.3 is 15.2 Å². The lowest BCUT2D eigenvalue weighted by atomic mass is 10.1. The molecule has 0 saturated heterocycles. The summed E-state index contributed by atoms with van der Waals surface area (Å²) < 4.78 is 5.69. The van der Waals surface area contributed by atoms with Gasteiger partial charge in [-0.25, -0.2) is 4.98 Å². The second kappa shape index (κ2) is 5.92. The number of carbonyl (C=O) groups is 1. The number of phenolic OH excluding ortho intramolecular Hbond substituents is 1. The van der Waals surface area contributed by atoms with E-state index in [1.165, 1.54) is 25.4 Å². The minimum Gasteiger partial charge on any atom is -0.507 e. The van der Waals surface area contributed by atoms with Crippen molar-refractivity contribution in [1.29, 1.82) is 0 Å². The molecule has 0 unspecified atom stereocenters. The van der Waals surface area contributed by atoms with Crippen molar-refractivity contribution in [1.82, 2.24) is 4.98 Å². The number of hydrogen-bond acceptors (Lipinski definition) is 4. The van der Waals surface area contributed by atoms with Crippen LogP contribution in [0.25, 0.3) is 0 Å². The Hall–Kier alpha value is -2.08. The molecule has 0 fully saturated rings. The average molecular weight is 337 g/mol. The number of aryl methyl sites for hydroxylation is 1. The predicted octanol–water partition coefficient (Wildman–Crippen LogP) is 3.12. The van der Waals surface area contributed by atoms with Gasteiger partial charge in [0.25, 0.3) is 5.91 Å². The fourth-order valence-electron chi connectivity index (χ4n) is 1.66. The Balaban J connectivity index is 2.21. The highest BCUT2D eigenvalue weighted by Crippen LogP contribution is 2.24. The van der Waals surface area contributed by atoms with Crippen molar-refractivity contribution in [2.45, 2.75) is 6.92 Å². The quantitative estimate of drug-likeness (QED) is 0.844. The van der Waals surface area contributed by atoms with E-state index in [4.69, 9.17) is 4.74 Å². The van der Waals surface area contributed by atoms with Crippen LogP contribution in [0.3, 0.4) is 0 Å². The molecule has 20 heavy (non-hydrogen) atoms. The van der Waals surface area contributed by atoms with E-state index >= 15 is 0 Å². The first-order chi connectivity index (χ1) is 9.51. The number of anilines is 1. The first-order valence-electron chi connectivity index (χ1n) is 5.81. The van der Waals surface area contributed by atoms with Gasteiger partial charge in [-0.05, 0) is 46.6 Å². The van der Waals surface area contributed by atoms with Crippen LogP contribution in [0.15, 0.2) is 35.1 Å². The molecule has 2 rings (SSSR count). The van der Waals surface area contributed by atoms with Crippen LogP contribution >= 0.6 is 15.9 Å². The summed E-state index contributed by atoms with van der Waals surface area (Å²) in [5, 5.41) is 12.5. The largest absolute Gasteiger partial charge is 0.507 e. The first-order valence-corrected chi connectivity index (χ1v) is 6.61. The third-order valence-electron chi connectivity index (χ3n) is 2.72. The number of benzene rings is 1. The topological polar surface area (TPSA) is 71.5 Å². The SMILES string of the molecule is COc1ccc(C(=O)Nc2cnc(Br)c(C)c2)c(O)c1. The highest BCUT2D eigenvalue weighted by atomic mass is 79.9. The van der Waals surface area contributed by atoms with E-state index in [1.54, 1.807) is 12.1 Å². The van der Waals surface area contributed by atoms with E-state index in [-0.39, 0.29) is 11.3 Å². The van der Waals surface area contributed by atoms with E-state index in [9.17, 15) is 9.90 Å².